The van der Waals surface area contributed by atoms with Crippen molar-refractivity contribution < 1.29 is 0 Å². The molecule has 1 aliphatic rings. The van der Waals surface area contributed by atoms with Crippen LogP contribution in [0.3, 0.4) is 0 Å². The van der Waals surface area contributed by atoms with Crippen molar-refractivity contribution in [1.82, 2.24) is 14.9 Å². The lowest BCUT2D eigenvalue weighted by atomic mass is 10.3. The van der Waals surface area contributed by atoms with Gasteiger partial charge in [-0.2, -0.15) is 4.98 Å². The molecule has 1 saturated heterocycles. The SMILES string of the molecule is CCCN1CCN(c2cc(Cl)nc(N)n2)CC1. The van der Waals surface area contributed by atoms with Gasteiger partial charge in [0.2, 0.25) is 5.95 Å². The van der Waals surface area contributed by atoms with Gasteiger partial charge in [-0.15, -0.1) is 0 Å². The molecule has 6 heteroatoms. The quantitative estimate of drug-likeness (QED) is 0.824. The Morgan fingerprint density at radius 1 is 1.29 bits per heavy atom. The lowest BCUT2D eigenvalue weighted by molar-refractivity contribution is 0.258. The second-order valence-corrected chi connectivity index (χ2v) is 4.62. The molecule has 5 nitrogen and oxygen atoms in total. The average Bonchev–Trinajstić information content (AvgIpc) is 2.29. The maximum atomic E-state index is 5.88. The van der Waals surface area contributed by atoms with E-state index in [1.54, 1.807) is 6.07 Å². The smallest absolute Gasteiger partial charge is 0.223 e. The Morgan fingerprint density at radius 3 is 2.59 bits per heavy atom. The van der Waals surface area contributed by atoms with Crippen molar-refractivity contribution in [3.63, 3.8) is 0 Å². The summed E-state index contributed by atoms with van der Waals surface area (Å²) in [6, 6.07) is 1.77. The van der Waals surface area contributed by atoms with E-state index >= 15 is 0 Å². The van der Waals surface area contributed by atoms with Gasteiger partial charge >= 0.3 is 0 Å². The highest BCUT2D eigenvalue weighted by Gasteiger charge is 2.18. The third-order valence-corrected chi connectivity index (χ3v) is 3.13. The highest BCUT2D eigenvalue weighted by molar-refractivity contribution is 6.29. The van der Waals surface area contributed by atoms with Gasteiger partial charge in [0.25, 0.3) is 0 Å². The molecule has 2 N–H and O–H groups in total. The van der Waals surface area contributed by atoms with Crippen LogP contribution in [0.15, 0.2) is 6.07 Å². The number of piperazine rings is 1. The summed E-state index contributed by atoms with van der Waals surface area (Å²) < 4.78 is 0. The number of rotatable bonds is 3. The molecular weight excluding hydrogens is 238 g/mol. The summed E-state index contributed by atoms with van der Waals surface area (Å²) in [7, 11) is 0. The summed E-state index contributed by atoms with van der Waals surface area (Å²) in [6.07, 6.45) is 1.20. The van der Waals surface area contributed by atoms with E-state index in [1.165, 1.54) is 13.0 Å². The zero-order chi connectivity index (χ0) is 12.3. The predicted octanol–water partition coefficient (Wildman–Crippen LogP) is 1.24. The van der Waals surface area contributed by atoms with E-state index in [1.807, 2.05) is 0 Å². The molecule has 0 aromatic carbocycles. The van der Waals surface area contributed by atoms with Crippen molar-refractivity contribution in [3.05, 3.63) is 11.2 Å². The van der Waals surface area contributed by atoms with Crippen molar-refractivity contribution in [1.29, 1.82) is 0 Å². The molecule has 0 spiro atoms. The lowest BCUT2D eigenvalue weighted by Crippen LogP contribution is -2.46. The van der Waals surface area contributed by atoms with Crippen molar-refractivity contribution in [3.8, 4) is 0 Å². The van der Waals surface area contributed by atoms with Gasteiger partial charge in [0.1, 0.15) is 11.0 Å². The van der Waals surface area contributed by atoms with Gasteiger partial charge in [0.15, 0.2) is 0 Å². The molecular formula is C11H18ClN5. The molecule has 94 valence electrons. The number of aromatic nitrogens is 2. The van der Waals surface area contributed by atoms with Crippen LogP contribution in [0.25, 0.3) is 0 Å². The zero-order valence-electron chi connectivity index (χ0n) is 10.1. The Labute approximate surface area is 107 Å². The molecule has 17 heavy (non-hydrogen) atoms. The van der Waals surface area contributed by atoms with Gasteiger partial charge in [-0.05, 0) is 13.0 Å². The summed E-state index contributed by atoms with van der Waals surface area (Å²) in [6.45, 7) is 7.43. The summed E-state index contributed by atoms with van der Waals surface area (Å²) in [5.74, 6) is 1.07. The monoisotopic (exact) mass is 255 g/mol. The third-order valence-electron chi connectivity index (χ3n) is 2.93. The Morgan fingerprint density at radius 2 is 2.00 bits per heavy atom. The first-order chi connectivity index (χ1) is 8.19. The highest BCUT2D eigenvalue weighted by atomic mass is 35.5. The second kappa shape index (κ2) is 5.51. The molecule has 0 radical (unpaired) electrons. The van der Waals surface area contributed by atoms with Crippen molar-refractivity contribution >= 4 is 23.4 Å². The summed E-state index contributed by atoms with van der Waals surface area (Å²) in [5, 5.41) is 0.406. The Hall–Kier alpha value is -1.07. The van der Waals surface area contributed by atoms with E-state index in [2.05, 4.69) is 26.7 Å². The number of hydrogen-bond donors (Lipinski definition) is 1. The molecule has 0 saturated carbocycles. The van der Waals surface area contributed by atoms with Crippen molar-refractivity contribution in [2.24, 2.45) is 0 Å². The minimum absolute atomic E-state index is 0.239. The molecule has 1 aromatic rings. The third kappa shape index (κ3) is 3.20. The minimum atomic E-state index is 0.239. The second-order valence-electron chi connectivity index (χ2n) is 4.24. The van der Waals surface area contributed by atoms with E-state index in [4.69, 9.17) is 17.3 Å². The fraction of sp³-hybridized carbons (Fsp3) is 0.636. The maximum Gasteiger partial charge on any atom is 0.223 e. The summed E-state index contributed by atoms with van der Waals surface area (Å²) in [4.78, 5) is 12.8. The van der Waals surface area contributed by atoms with Crippen LogP contribution in [0.2, 0.25) is 5.15 Å². The van der Waals surface area contributed by atoms with Gasteiger partial charge in [-0.3, -0.25) is 4.90 Å². The Bertz CT molecular complexity index is 356. The predicted molar refractivity (Wildman–Crippen MR) is 70.4 cm³/mol. The molecule has 2 rings (SSSR count). The van der Waals surface area contributed by atoms with Crippen LogP contribution >= 0.6 is 11.6 Å². The first-order valence-corrected chi connectivity index (χ1v) is 6.34. The number of hydrogen-bond acceptors (Lipinski definition) is 5. The fourth-order valence-electron chi connectivity index (χ4n) is 2.10. The van der Waals surface area contributed by atoms with Crippen LogP contribution in [-0.2, 0) is 0 Å². The Kier molecular flexibility index (Phi) is 4.02. The van der Waals surface area contributed by atoms with E-state index in [0.717, 1.165) is 32.0 Å². The molecule has 0 atom stereocenters. The highest BCUT2D eigenvalue weighted by Crippen LogP contribution is 2.18. The first kappa shape index (κ1) is 12.4. The topological polar surface area (TPSA) is 58.3 Å². The summed E-state index contributed by atoms with van der Waals surface area (Å²) in [5.41, 5.74) is 5.60. The van der Waals surface area contributed by atoms with Gasteiger partial charge in [0, 0.05) is 32.2 Å². The standard InChI is InChI=1S/C11H18ClN5/c1-2-3-16-4-6-17(7-5-16)10-8-9(12)14-11(13)15-10/h8H,2-7H2,1H3,(H2,13,14,15). The van der Waals surface area contributed by atoms with E-state index < -0.39 is 0 Å². The van der Waals surface area contributed by atoms with E-state index in [0.29, 0.717) is 5.15 Å². The van der Waals surface area contributed by atoms with E-state index in [9.17, 15) is 0 Å². The molecule has 2 heterocycles. The molecule has 1 aromatic heterocycles. The number of nitrogens with two attached hydrogens (primary N) is 1. The lowest BCUT2D eigenvalue weighted by Gasteiger charge is -2.35. The zero-order valence-corrected chi connectivity index (χ0v) is 10.8. The van der Waals surface area contributed by atoms with Crippen LogP contribution in [0.4, 0.5) is 11.8 Å². The molecule has 0 unspecified atom stereocenters. The number of nitrogen functional groups attached to an aromatic ring is 1. The van der Waals surface area contributed by atoms with Crippen LogP contribution in [0.1, 0.15) is 13.3 Å². The van der Waals surface area contributed by atoms with Crippen LogP contribution < -0.4 is 10.6 Å². The first-order valence-electron chi connectivity index (χ1n) is 5.96. The van der Waals surface area contributed by atoms with Crippen molar-refractivity contribution in [2.45, 2.75) is 13.3 Å². The van der Waals surface area contributed by atoms with Crippen molar-refractivity contribution in [2.75, 3.05) is 43.4 Å². The number of nitrogens with zero attached hydrogens (tertiary/aromatic N) is 4. The fourth-order valence-corrected chi connectivity index (χ4v) is 2.29. The van der Waals surface area contributed by atoms with Crippen LogP contribution in [0.5, 0.6) is 0 Å². The number of anilines is 2. The maximum absolute atomic E-state index is 5.88. The molecule has 1 aliphatic heterocycles. The van der Waals surface area contributed by atoms with Gasteiger partial charge in [-0.25, -0.2) is 4.98 Å². The largest absolute Gasteiger partial charge is 0.368 e. The normalized spacial score (nSPS) is 17.4. The average molecular weight is 256 g/mol. The van der Waals surface area contributed by atoms with Crippen LogP contribution in [-0.4, -0.2) is 47.6 Å². The molecule has 0 bridgehead atoms. The van der Waals surface area contributed by atoms with Gasteiger partial charge in [0.05, 0.1) is 0 Å². The molecule has 0 aliphatic carbocycles. The number of halogens is 1. The van der Waals surface area contributed by atoms with E-state index in [-0.39, 0.29) is 5.95 Å². The summed E-state index contributed by atoms with van der Waals surface area (Å²) >= 11 is 5.88. The van der Waals surface area contributed by atoms with Gasteiger partial charge in [-0.1, -0.05) is 18.5 Å². The molecule has 0 amide bonds. The van der Waals surface area contributed by atoms with Crippen LogP contribution in [0, 0.1) is 0 Å². The molecule has 1 fully saturated rings. The minimum Gasteiger partial charge on any atom is -0.368 e. The van der Waals surface area contributed by atoms with Gasteiger partial charge < -0.3 is 10.6 Å². The Balaban J connectivity index is 2.00.